The highest BCUT2D eigenvalue weighted by molar-refractivity contribution is 8.24. The third kappa shape index (κ3) is 16.3. The highest BCUT2D eigenvalue weighted by Crippen LogP contribution is 2.39. The van der Waals surface area contributed by atoms with Gasteiger partial charge in [-0.1, -0.05) is 79.7 Å². The zero-order valence-electron chi connectivity index (χ0n) is 54.4. The summed E-state index contributed by atoms with van der Waals surface area (Å²) >= 11 is 4.31. The lowest BCUT2D eigenvalue weighted by Gasteiger charge is -2.39. The van der Waals surface area contributed by atoms with Gasteiger partial charge in [0.15, 0.2) is 25.1 Å². The molecule has 84 heavy (non-hydrogen) atoms. The minimum atomic E-state index is -0.870. The Morgan fingerprint density at radius 2 is 0.988 bits per heavy atom. The zero-order valence-corrected chi connectivity index (χ0v) is 56.3. The van der Waals surface area contributed by atoms with Crippen LogP contribution in [0.2, 0.25) is 0 Å². The topological polar surface area (TPSA) is 190 Å². The maximum Gasteiger partial charge on any atom is 0.495 e. The van der Waals surface area contributed by atoms with E-state index in [0.29, 0.717) is 79.8 Å². The van der Waals surface area contributed by atoms with Crippen LogP contribution in [0.1, 0.15) is 198 Å². The number of aldehydes is 1. The van der Waals surface area contributed by atoms with Crippen molar-refractivity contribution >= 4 is 82.8 Å². The molecule has 4 aromatic rings. The summed E-state index contributed by atoms with van der Waals surface area (Å²) in [5.41, 5.74) is 7.68. The number of amides is 4. The largest absolute Gasteiger partial charge is 0.496 e. The summed E-state index contributed by atoms with van der Waals surface area (Å²) in [7, 11) is 6.82. The fourth-order valence-corrected chi connectivity index (χ4v) is 10.1. The van der Waals surface area contributed by atoms with Gasteiger partial charge in [-0.2, -0.15) is 0 Å². The van der Waals surface area contributed by atoms with Crippen LogP contribution in [0.25, 0.3) is 0 Å². The van der Waals surface area contributed by atoms with E-state index in [2.05, 4.69) is 31.6 Å². The number of ether oxygens (including phenoxy) is 4. The van der Waals surface area contributed by atoms with E-state index < -0.39 is 67.6 Å². The van der Waals surface area contributed by atoms with Crippen LogP contribution >= 0.6 is 15.9 Å². The number of carbonyl (C=O) groups is 5. The quantitative estimate of drug-likeness (QED) is 0.0354. The molecule has 2 aliphatic rings. The second kappa shape index (κ2) is 29.0. The molecule has 0 radical (unpaired) electrons. The number of hydrazine groups is 2. The van der Waals surface area contributed by atoms with Gasteiger partial charge in [0, 0.05) is 58.7 Å². The molecule has 4 aromatic carbocycles. The van der Waals surface area contributed by atoms with Crippen LogP contribution in [0.5, 0.6) is 11.5 Å². The minimum Gasteiger partial charge on any atom is -0.496 e. The zero-order chi connectivity index (χ0) is 64.5. The van der Waals surface area contributed by atoms with Crippen LogP contribution in [-0.2, 0) is 39.9 Å². The normalized spacial score (nSPS) is 16.8. The van der Waals surface area contributed by atoms with E-state index in [-0.39, 0.29) is 28.8 Å². The molecule has 4 atom stereocenters. The maximum absolute atomic E-state index is 14.4. The van der Waals surface area contributed by atoms with Crippen LogP contribution in [0.4, 0.5) is 0 Å². The van der Waals surface area contributed by atoms with Gasteiger partial charge in [0.05, 0.1) is 57.6 Å². The molecule has 0 aromatic heterocycles. The van der Waals surface area contributed by atoms with Gasteiger partial charge in [0.1, 0.15) is 17.8 Å². The van der Waals surface area contributed by atoms with Gasteiger partial charge in [-0.25, -0.2) is 10.0 Å². The molecular weight excluding hydrogens is 1120 g/mol. The van der Waals surface area contributed by atoms with Crippen LogP contribution < -0.4 is 31.3 Å². The summed E-state index contributed by atoms with van der Waals surface area (Å²) in [6, 6.07) is 19.9. The number of hydrogen-bond acceptors (Lipinski definition) is 14. The van der Waals surface area contributed by atoms with Crippen molar-refractivity contribution in [2.45, 2.75) is 178 Å². The van der Waals surface area contributed by atoms with Crippen LogP contribution in [0.15, 0.2) is 72.8 Å². The first kappa shape index (κ1) is 69.6. The fraction of sp³-hybridized carbons (Fsp3) is 0.532. The fourth-order valence-electron chi connectivity index (χ4n) is 10.1. The maximum atomic E-state index is 14.4. The molecule has 2 fully saturated rings. The second-order valence-electron chi connectivity index (χ2n) is 25.0. The average molecular weight is 1220 g/mol. The van der Waals surface area contributed by atoms with Gasteiger partial charge in [-0.05, 0) is 152 Å². The second-order valence-corrected chi connectivity index (χ2v) is 27.7. The van der Waals surface area contributed by atoms with E-state index >= 15 is 0 Å². The molecule has 2 unspecified atom stereocenters. The van der Waals surface area contributed by atoms with Crippen molar-refractivity contribution < 1.29 is 61.5 Å². The van der Waals surface area contributed by atoms with Gasteiger partial charge < -0.3 is 37.6 Å². The molecule has 2 N–H and O–H groups in total. The molecular formula is C62H91B2N4O13P2S+. The monoisotopic (exact) mass is 1220 g/mol. The number of methoxy groups -OCH3 is 4. The molecule has 6 rings (SSSR count). The van der Waals surface area contributed by atoms with Gasteiger partial charge in [0.25, 0.3) is 23.6 Å². The van der Waals surface area contributed by atoms with E-state index in [1.165, 1.54) is 10.0 Å². The molecule has 0 aliphatic carbocycles. The highest BCUT2D eigenvalue weighted by Gasteiger charge is 2.54. The van der Waals surface area contributed by atoms with Gasteiger partial charge >= 0.3 is 15.5 Å². The molecule has 0 bridgehead atoms. The third-order valence-corrected chi connectivity index (χ3v) is 16.3. The van der Waals surface area contributed by atoms with E-state index in [4.69, 9.17) is 38.8 Å². The highest BCUT2D eigenvalue weighted by atomic mass is 32.6. The molecule has 4 amide bonds. The summed E-state index contributed by atoms with van der Waals surface area (Å²) < 4.78 is 53.5. The Morgan fingerprint density at radius 3 is 1.31 bits per heavy atom. The molecule has 0 saturated carbocycles. The number of hydrogen-bond donors (Lipinski definition) is 2. The van der Waals surface area contributed by atoms with E-state index in [1.807, 2.05) is 118 Å². The third-order valence-electron chi connectivity index (χ3n) is 16.3. The first-order valence-electron chi connectivity index (χ1n) is 28.5. The Morgan fingerprint density at radius 1 is 0.643 bits per heavy atom. The Labute approximate surface area is 510 Å². The minimum absolute atomic E-state index is 0.302. The summed E-state index contributed by atoms with van der Waals surface area (Å²) in [5.74, 6) is -0.402. The summed E-state index contributed by atoms with van der Waals surface area (Å²) in [6.45, 7) is 34.5. The molecule has 0 spiro atoms. The van der Waals surface area contributed by atoms with Crippen molar-refractivity contribution in [2.24, 2.45) is 10.8 Å². The molecule has 22 heteroatoms. The van der Waals surface area contributed by atoms with Crippen molar-refractivity contribution in [1.29, 1.82) is 1.28 Å². The first-order valence-corrected chi connectivity index (χ1v) is 31.6. The Balaban J connectivity index is 0.000000343. The van der Waals surface area contributed by atoms with E-state index in [1.54, 1.807) is 108 Å². The van der Waals surface area contributed by atoms with Crippen molar-refractivity contribution in [3.63, 3.8) is 0 Å². The van der Waals surface area contributed by atoms with Gasteiger partial charge in [-0.15, -0.1) is 0 Å². The van der Waals surface area contributed by atoms with Gasteiger partial charge in [0.2, 0.25) is 0 Å². The van der Waals surface area contributed by atoms with Crippen molar-refractivity contribution in [3.05, 3.63) is 117 Å². The number of benzene rings is 4. The predicted molar refractivity (Wildman–Crippen MR) is 342 cm³/mol. The predicted octanol–water partition coefficient (Wildman–Crippen LogP) is 10.9. The lowest BCUT2D eigenvalue weighted by molar-refractivity contribution is -0.105. The average Bonchev–Trinajstić information content (AvgIpc) is 1.96. The molecule has 2 heterocycles. The lowest BCUT2D eigenvalue weighted by Crippen LogP contribution is -2.56. The van der Waals surface area contributed by atoms with E-state index in [0.717, 1.165) is 6.29 Å². The Hall–Kier alpha value is -5.13. The van der Waals surface area contributed by atoms with Crippen LogP contribution in [0, 0.1) is 24.7 Å². The standard InChI is InChI=1S/C32H47BN2O7.C30H41BN2O6.H2P2S/c1-13-26(30(3,4)5)35(34-27(36)22-15-14-16-25(38-10)20(22)2)28(37)21-17-18-23(29(39-11)40-12)24(19-21)33-41-31(6,7)32(8,9)42-33;1-11-25(28(3,4)5)33(32-26(35)22-13-12-14-24(37-10)19(22)2)27(36)20-15-16-21(18-34)23(17-20)31-38-29(6,7)30(8,9)39-31;1-2-3/h14-19,26,29H,13H2,1-12H3,(H,34,36);12-18,25H,11H2,1-10H3,(H,32,35);1H2/p+1/t26-;25-;/m11./s1/i/hT. The van der Waals surface area contributed by atoms with Crippen LogP contribution in [0.3, 0.4) is 0 Å². The van der Waals surface area contributed by atoms with Crippen LogP contribution in [-0.4, -0.2) is 118 Å². The molecule has 2 aliphatic heterocycles. The van der Waals surface area contributed by atoms with Crippen molar-refractivity contribution in [3.8, 4) is 11.5 Å². The Bertz CT molecular complexity index is 3020. The molecule has 17 nitrogen and oxygen atoms in total. The van der Waals surface area contributed by atoms with Crippen molar-refractivity contribution in [1.82, 2.24) is 20.9 Å². The first-order chi connectivity index (χ1) is 39.3. The van der Waals surface area contributed by atoms with E-state index in [9.17, 15) is 24.0 Å². The number of nitrogens with zero attached hydrogens (tertiary/aromatic N) is 2. The SMILES string of the molecule is CC[C@@H](N(NC(=O)c1cccc(OC)c1C)C(=O)c1ccc(C(OC)OC)c(B2OC(C)(C)C(C)(C)O2)c1)C(C)(C)C.CC[C@@H](N(NC(=O)c1cccc(OC)c1C)C(=O)c1ccc(C=O)c(B2OC(C)(C)C(C)(C)O2)c1)C(C)(C)C.[3H][P+](P)=S. The Kier molecular flexibility index (Phi) is 24.1. The van der Waals surface area contributed by atoms with Gasteiger partial charge in [-0.3, -0.25) is 34.8 Å². The van der Waals surface area contributed by atoms with Crippen molar-refractivity contribution in [2.75, 3.05) is 28.4 Å². The number of carbonyl (C=O) groups excluding carboxylic acids is 5. The summed E-state index contributed by atoms with van der Waals surface area (Å²) in [4.78, 5) is 67.5. The number of rotatable bonds is 16. The lowest BCUT2D eigenvalue weighted by atomic mass is 9.74. The summed E-state index contributed by atoms with van der Waals surface area (Å²) in [5, 5.41) is 2.86. The molecule has 2 saturated heterocycles. The number of nitrogens with one attached hydrogen (secondary N) is 2. The molecule has 458 valence electrons. The summed E-state index contributed by atoms with van der Waals surface area (Å²) in [6.07, 6.45) is 1.24. The smallest absolute Gasteiger partial charge is 0.495 e.